The van der Waals surface area contributed by atoms with E-state index in [4.69, 9.17) is 49.5 Å². The van der Waals surface area contributed by atoms with Crippen LogP contribution < -0.4 is 4.74 Å². The number of halogens is 1. The summed E-state index contributed by atoms with van der Waals surface area (Å²) < 4.78 is 44.9. The van der Waals surface area contributed by atoms with Crippen LogP contribution in [0.1, 0.15) is 0 Å². The Morgan fingerprint density at radius 1 is 0.564 bits per heavy atom. The molecule has 0 saturated carbocycles. The summed E-state index contributed by atoms with van der Waals surface area (Å²) in [7, 11) is 0. The highest BCUT2D eigenvalue weighted by molar-refractivity contribution is 6.32. The second-order valence-corrected chi connectivity index (χ2v) is 13.5. The standard InChI is InChI=1S/C30H44ClNO23/c31-9-3-8(32(46)47)1-2-10(9)48-26-22(44)25(14(7-36)52-30(26)55-23-12(5-34)49-27(45)19(41)17(23)39)54-29-21(43)18(40)24(13(6-35)51-29)53-28-20(42)16(38)15(37)11(4-33)50-28/h1-3,11-30,33-45H,4-7H2/t11-,12-,13-,14-,15-,16+,17-,18-,19-,20-,21-,22+,23-,24-,25-,26-,27+,28-,29-,30-/m1/s1. The van der Waals surface area contributed by atoms with Crippen molar-refractivity contribution in [3.8, 4) is 5.75 Å². The highest BCUT2D eigenvalue weighted by Gasteiger charge is 2.56. The SMILES string of the molecule is O=[N+]([O-])c1ccc(O[C@H]2[C@@H](O[C@H]3[C@H](O)[C@@H](O)[C@@H](O)O[C@@H]3CO)O[C@H](CO)[C@@H](O[C@H]3O[C@H](CO)[C@@H](O[C@H]4O[C@H](CO)[C@@H](O)[C@H](O)[C@H]4O)[C@H](O)[C@H]3O)[C@@H]2O)c(Cl)c1. The second-order valence-electron chi connectivity index (χ2n) is 13.1. The van der Waals surface area contributed by atoms with Crippen molar-refractivity contribution in [2.45, 2.75) is 123 Å². The van der Waals surface area contributed by atoms with Crippen molar-refractivity contribution >= 4 is 17.3 Å². The molecule has 0 unspecified atom stereocenters. The largest absolute Gasteiger partial charge is 0.481 e. The van der Waals surface area contributed by atoms with Gasteiger partial charge >= 0.3 is 0 Å². The Labute approximate surface area is 314 Å². The van der Waals surface area contributed by atoms with Crippen LogP contribution in [0.4, 0.5) is 5.69 Å². The summed E-state index contributed by atoms with van der Waals surface area (Å²) in [4.78, 5) is 10.5. The Hall–Kier alpha value is -2.09. The molecule has 314 valence electrons. The maximum Gasteiger partial charge on any atom is 0.271 e. The van der Waals surface area contributed by atoms with Gasteiger partial charge in [-0.05, 0) is 6.07 Å². The summed E-state index contributed by atoms with van der Waals surface area (Å²) in [5.41, 5.74) is -0.442. The van der Waals surface area contributed by atoms with Gasteiger partial charge in [0.2, 0.25) is 0 Å². The molecule has 4 aliphatic rings. The van der Waals surface area contributed by atoms with Gasteiger partial charge in [-0.1, -0.05) is 11.6 Å². The lowest BCUT2D eigenvalue weighted by molar-refractivity contribution is -0.386. The number of rotatable bonds is 13. The first-order valence-corrected chi connectivity index (χ1v) is 17.2. The van der Waals surface area contributed by atoms with Crippen molar-refractivity contribution < 1.29 is 109 Å². The molecule has 4 fully saturated rings. The van der Waals surface area contributed by atoms with E-state index in [1.165, 1.54) is 0 Å². The molecule has 4 heterocycles. The van der Waals surface area contributed by atoms with Crippen molar-refractivity contribution in [2.24, 2.45) is 0 Å². The van der Waals surface area contributed by atoms with Crippen LogP contribution in [0.25, 0.3) is 0 Å². The Morgan fingerprint density at radius 3 is 1.55 bits per heavy atom. The fourth-order valence-electron chi connectivity index (χ4n) is 6.50. The summed E-state index contributed by atoms with van der Waals surface area (Å²) in [5, 5.41) is 146. The van der Waals surface area contributed by atoms with E-state index in [0.29, 0.717) is 0 Å². The summed E-state index contributed by atoms with van der Waals surface area (Å²) in [6, 6.07) is 2.97. The van der Waals surface area contributed by atoms with Crippen molar-refractivity contribution in [1.82, 2.24) is 0 Å². The van der Waals surface area contributed by atoms with E-state index in [2.05, 4.69) is 0 Å². The minimum atomic E-state index is -2.10. The number of nitro benzene ring substituents is 1. The van der Waals surface area contributed by atoms with Crippen LogP contribution in [0.5, 0.6) is 5.75 Å². The van der Waals surface area contributed by atoms with E-state index >= 15 is 0 Å². The Bertz CT molecular complexity index is 1410. The summed E-state index contributed by atoms with van der Waals surface area (Å²) in [5.74, 6) is -0.303. The molecule has 55 heavy (non-hydrogen) atoms. The number of benzene rings is 1. The summed E-state index contributed by atoms with van der Waals surface area (Å²) in [6.45, 7) is -3.61. The molecule has 0 bridgehead atoms. The van der Waals surface area contributed by atoms with Crippen LogP contribution in [-0.2, 0) is 33.2 Å². The van der Waals surface area contributed by atoms with Gasteiger partial charge in [-0.15, -0.1) is 0 Å². The van der Waals surface area contributed by atoms with E-state index in [0.717, 1.165) is 18.2 Å². The normalized spacial score (nSPS) is 45.3. The van der Waals surface area contributed by atoms with Gasteiger partial charge in [-0.25, -0.2) is 0 Å². The molecule has 5 rings (SSSR count). The predicted molar refractivity (Wildman–Crippen MR) is 170 cm³/mol. The predicted octanol–water partition coefficient (Wildman–Crippen LogP) is -7.10. The molecule has 25 heteroatoms. The monoisotopic (exact) mass is 821 g/mol. The third-order valence-corrected chi connectivity index (χ3v) is 9.86. The first-order valence-electron chi connectivity index (χ1n) is 16.8. The van der Waals surface area contributed by atoms with Crippen LogP contribution in [0.3, 0.4) is 0 Å². The quantitative estimate of drug-likeness (QED) is 0.0649. The molecule has 4 aliphatic heterocycles. The molecular formula is C30H44ClNO23. The molecule has 0 aliphatic carbocycles. The van der Waals surface area contributed by atoms with E-state index in [-0.39, 0.29) is 10.8 Å². The first kappa shape index (κ1) is 44.0. The van der Waals surface area contributed by atoms with Gasteiger partial charge < -0.3 is 104 Å². The van der Waals surface area contributed by atoms with Crippen molar-refractivity contribution in [3.05, 3.63) is 33.3 Å². The first-order chi connectivity index (χ1) is 26.1. The molecule has 24 nitrogen and oxygen atoms in total. The molecule has 1 aromatic rings. The fourth-order valence-corrected chi connectivity index (χ4v) is 6.72. The zero-order chi connectivity index (χ0) is 40.5. The Morgan fingerprint density at radius 2 is 1.02 bits per heavy atom. The third kappa shape index (κ3) is 9.15. The van der Waals surface area contributed by atoms with Gasteiger partial charge in [0, 0.05) is 12.1 Å². The number of hydrogen-bond acceptors (Lipinski definition) is 23. The number of aliphatic hydroxyl groups is 13. The van der Waals surface area contributed by atoms with Crippen LogP contribution in [0.15, 0.2) is 18.2 Å². The topological polar surface area (TPSA) is 380 Å². The minimum absolute atomic E-state index is 0.303. The summed E-state index contributed by atoms with van der Waals surface area (Å²) in [6.07, 6.45) is -36.5. The molecule has 0 aromatic heterocycles. The number of ether oxygens (including phenoxy) is 8. The van der Waals surface area contributed by atoms with E-state index in [1.54, 1.807) is 0 Å². The molecule has 1 aromatic carbocycles. The van der Waals surface area contributed by atoms with Crippen LogP contribution >= 0.6 is 11.6 Å². The highest BCUT2D eigenvalue weighted by atomic mass is 35.5. The number of aliphatic hydroxyl groups excluding tert-OH is 13. The van der Waals surface area contributed by atoms with Crippen molar-refractivity contribution in [3.63, 3.8) is 0 Å². The van der Waals surface area contributed by atoms with Gasteiger partial charge in [-0.3, -0.25) is 10.1 Å². The molecule has 4 saturated heterocycles. The number of nitro groups is 1. The van der Waals surface area contributed by atoms with Crippen LogP contribution in [0.2, 0.25) is 5.02 Å². The van der Waals surface area contributed by atoms with Gasteiger partial charge in [0.15, 0.2) is 31.3 Å². The lowest BCUT2D eigenvalue weighted by atomic mass is 9.95. The molecule has 0 amide bonds. The Kier molecular flexibility index (Phi) is 14.9. The van der Waals surface area contributed by atoms with Gasteiger partial charge in [0.1, 0.15) is 97.3 Å². The maximum atomic E-state index is 11.7. The second kappa shape index (κ2) is 18.7. The minimum Gasteiger partial charge on any atom is -0.481 e. The van der Waals surface area contributed by atoms with Crippen LogP contribution in [0, 0.1) is 10.1 Å². The van der Waals surface area contributed by atoms with E-state index < -0.39 is 160 Å². The van der Waals surface area contributed by atoms with Crippen molar-refractivity contribution in [2.75, 3.05) is 26.4 Å². The van der Waals surface area contributed by atoms with Crippen molar-refractivity contribution in [1.29, 1.82) is 0 Å². The van der Waals surface area contributed by atoms with Crippen LogP contribution in [-0.4, -0.2) is 221 Å². The zero-order valence-electron chi connectivity index (χ0n) is 28.3. The summed E-state index contributed by atoms with van der Waals surface area (Å²) >= 11 is 6.23. The number of non-ortho nitro benzene ring substituents is 1. The number of nitrogens with zero attached hydrogens (tertiary/aromatic N) is 1. The molecular weight excluding hydrogens is 778 g/mol. The maximum absolute atomic E-state index is 11.7. The molecule has 13 N–H and O–H groups in total. The van der Waals surface area contributed by atoms with Gasteiger partial charge in [0.25, 0.3) is 5.69 Å². The fraction of sp³-hybridized carbons (Fsp3) is 0.800. The highest BCUT2D eigenvalue weighted by Crippen LogP contribution is 2.37. The number of hydrogen-bond donors (Lipinski definition) is 13. The lowest BCUT2D eigenvalue weighted by Gasteiger charge is -2.49. The molecule has 0 radical (unpaired) electrons. The van der Waals surface area contributed by atoms with E-state index in [1.807, 2.05) is 0 Å². The third-order valence-electron chi connectivity index (χ3n) is 9.57. The smallest absolute Gasteiger partial charge is 0.271 e. The van der Waals surface area contributed by atoms with Gasteiger partial charge in [0.05, 0.1) is 36.4 Å². The zero-order valence-corrected chi connectivity index (χ0v) is 29.1. The van der Waals surface area contributed by atoms with Gasteiger partial charge in [-0.2, -0.15) is 0 Å². The molecule has 20 atom stereocenters. The van der Waals surface area contributed by atoms with E-state index in [9.17, 15) is 76.5 Å². The lowest BCUT2D eigenvalue weighted by Crippen LogP contribution is -2.68. The average Bonchev–Trinajstić information content (AvgIpc) is 3.16. The molecule has 0 spiro atoms. The Balaban J connectivity index is 1.39. The average molecular weight is 822 g/mol.